The standard InChI is InChI=1S/C17H26N6O2/c1-13(2)22-10-14(8-20-22)9-21-11-15-4-5-19-23(15)16(12-21)17(24)18-6-7-25-3/h4-5,8,10,13,16H,6-7,9,11-12H2,1-3H3,(H,18,24). The average molecular weight is 346 g/mol. The fourth-order valence-electron chi connectivity index (χ4n) is 3.07. The van der Waals surface area contributed by atoms with Crippen LogP contribution in [0.3, 0.4) is 0 Å². The van der Waals surface area contributed by atoms with Crippen LogP contribution in [0, 0.1) is 0 Å². The van der Waals surface area contributed by atoms with E-state index in [1.54, 1.807) is 13.3 Å². The molecule has 0 spiro atoms. The zero-order valence-electron chi connectivity index (χ0n) is 15.1. The van der Waals surface area contributed by atoms with Gasteiger partial charge < -0.3 is 10.1 Å². The van der Waals surface area contributed by atoms with Gasteiger partial charge in [-0.05, 0) is 19.9 Å². The summed E-state index contributed by atoms with van der Waals surface area (Å²) in [6.07, 6.45) is 5.73. The Labute approximate surface area is 147 Å². The number of rotatable bonds is 7. The quantitative estimate of drug-likeness (QED) is 0.756. The van der Waals surface area contributed by atoms with Crippen LogP contribution in [-0.2, 0) is 22.6 Å². The van der Waals surface area contributed by atoms with E-state index in [0.717, 1.165) is 24.3 Å². The number of fused-ring (bicyclic) bond motifs is 1. The second kappa shape index (κ2) is 7.79. The van der Waals surface area contributed by atoms with E-state index in [1.165, 1.54) is 0 Å². The molecule has 2 aromatic heterocycles. The summed E-state index contributed by atoms with van der Waals surface area (Å²) in [5, 5.41) is 11.7. The number of methoxy groups -OCH3 is 1. The number of amides is 1. The molecule has 25 heavy (non-hydrogen) atoms. The van der Waals surface area contributed by atoms with Crippen molar-refractivity contribution in [3.8, 4) is 0 Å². The molecule has 1 atom stereocenters. The van der Waals surface area contributed by atoms with Gasteiger partial charge in [-0.1, -0.05) is 0 Å². The van der Waals surface area contributed by atoms with Crippen LogP contribution in [0.25, 0.3) is 0 Å². The first kappa shape index (κ1) is 17.6. The first-order valence-electron chi connectivity index (χ1n) is 8.63. The molecule has 8 nitrogen and oxygen atoms in total. The van der Waals surface area contributed by atoms with Crippen LogP contribution >= 0.6 is 0 Å². The summed E-state index contributed by atoms with van der Waals surface area (Å²) in [6, 6.07) is 1.99. The van der Waals surface area contributed by atoms with Gasteiger partial charge in [0.25, 0.3) is 0 Å². The molecular formula is C17H26N6O2. The Hall–Kier alpha value is -2.19. The molecule has 1 amide bonds. The van der Waals surface area contributed by atoms with Gasteiger partial charge in [0.2, 0.25) is 5.91 Å². The van der Waals surface area contributed by atoms with Crippen molar-refractivity contribution in [1.82, 2.24) is 29.8 Å². The van der Waals surface area contributed by atoms with Crippen molar-refractivity contribution in [2.75, 3.05) is 26.8 Å². The lowest BCUT2D eigenvalue weighted by Crippen LogP contribution is -2.45. The number of carbonyl (C=O) groups is 1. The molecule has 0 fully saturated rings. The monoisotopic (exact) mass is 346 g/mol. The molecule has 1 unspecified atom stereocenters. The van der Waals surface area contributed by atoms with Crippen molar-refractivity contribution < 1.29 is 9.53 Å². The number of hydrogen-bond acceptors (Lipinski definition) is 5. The first-order chi connectivity index (χ1) is 12.1. The van der Waals surface area contributed by atoms with Gasteiger partial charge in [-0.3, -0.25) is 19.1 Å². The maximum Gasteiger partial charge on any atom is 0.246 e. The van der Waals surface area contributed by atoms with E-state index in [4.69, 9.17) is 4.74 Å². The van der Waals surface area contributed by atoms with Crippen molar-refractivity contribution >= 4 is 5.91 Å². The van der Waals surface area contributed by atoms with E-state index in [-0.39, 0.29) is 11.9 Å². The number of hydrogen-bond donors (Lipinski definition) is 1. The molecule has 8 heteroatoms. The third-order valence-electron chi connectivity index (χ3n) is 4.36. The summed E-state index contributed by atoms with van der Waals surface area (Å²) in [6.45, 7) is 7.38. The van der Waals surface area contributed by atoms with E-state index in [9.17, 15) is 4.79 Å². The largest absolute Gasteiger partial charge is 0.383 e. The van der Waals surface area contributed by atoms with E-state index in [0.29, 0.717) is 25.7 Å². The van der Waals surface area contributed by atoms with E-state index in [2.05, 4.69) is 40.5 Å². The van der Waals surface area contributed by atoms with E-state index >= 15 is 0 Å². The van der Waals surface area contributed by atoms with Crippen molar-refractivity contribution in [2.24, 2.45) is 0 Å². The molecule has 3 heterocycles. The Balaban J connectivity index is 1.69. The lowest BCUT2D eigenvalue weighted by atomic mass is 10.1. The Kier molecular flexibility index (Phi) is 5.50. The smallest absolute Gasteiger partial charge is 0.246 e. The normalized spacial score (nSPS) is 17.7. The van der Waals surface area contributed by atoms with E-state index in [1.807, 2.05) is 21.6 Å². The highest BCUT2D eigenvalue weighted by atomic mass is 16.5. The molecule has 2 aromatic rings. The fraction of sp³-hybridized carbons (Fsp3) is 0.588. The fourth-order valence-corrected chi connectivity index (χ4v) is 3.07. The van der Waals surface area contributed by atoms with Crippen LogP contribution in [0.2, 0.25) is 0 Å². The van der Waals surface area contributed by atoms with Crippen molar-refractivity contribution in [3.05, 3.63) is 35.9 Å². The zero-order chi connectivity index (χ0) is 17.8. The molecule has 136 valence electrons. The maximum absolute atomic E-state index is 12.6. The lowest BCUT2D eigenvalue weighted by Gasteiger charge is -2.32. The summed E-state index contributed by atoms with van der Waals surface area (Å²) in [4.78, 5) is 14.8. The van der Waals surface area contributed by atoms with Crippen molar-refractivity contribution in [2.45, 2.75) is 39.0 Å². The lowest BCUT2D eigenvalue weighted by molar-refractivity contribution is -0.126. The van der Waals surface area contributed by atoms with Crippen LogP contribution in [0.15, 0.2) is 24.7 Å². The molecule has 0 saturated heterocycles. The molecular weight excluding hydrogens is 320 g/mol. The first-order valence-corrected chi connectivity index (χ1v) is 8.63. The predicted molar refractivity (Wildman–Crippen MR) is 92.9 cm³/mol. The number of nitrogens with zero attached hydrogens (tertiary/aromatic N) is 5. The molecule has 1 N–H and O–H groups in total. The predicted octanol–water partition coefficient (Wildman–Crippen LogP) is 0.980. The van der Waals surface area contributed by atoms with Crippen molar-refractivity contribution in [3.63, 3.8) is 0 Å². The summed E-state index contributed by atoms with van der Waals surface area (Å²) in [5.74, 6) is -0.0235. The minimum Gasteiger partial charge on any atom is -0.383 e. The summed E-state index contributed by atoms with van der Waals surface area (Å²) >= 11 is 0. The van der Waals surface area contributed by atoms with Crippen LogP contribution in [0.1, 0.15) is 37.2 Å². The average Bonchev–Trinajstić information content (AvgIpc) is 3.23. The SMILES string of the molecule is COCCNC(=O)C1CN(Cc2cnn(C(C)C)c2)Cc2ccnn21. The molecule has 0 aromatic carbocycles. The minimum absolute atomic E-state index is 0.0235. The highest BCUT2D eigenvalue weighted by Gasteiger charge is 2.30. The van der Waals surface area contributed by atoms with Gasteiger partial charge in [-0.2, -0.15) is 10.2 Å². The molecule has 0 radical (unpaired) electrons. The van der Waals surface area contributed by atoms with E-state index < -0.39 is 0 Å². The highest BCUT2D eigenvalue weighted by Crippen LogP contribution is 2.22. The second-order valence-electron chi connectivity index (χ2n) is 6.66. The van der Waals surface area contributed by atoms with Gasteiger partial charge in [0, 0.05) is 57.3 Å². The van der Waals surface area contributed by atoms with Crippen molar-refractivity contribution in [1.29, 1.82) is 0 Å². The van der Waals surface area contributed by atoms with Gasteiger partial charge in [0.1, 0.15) is 6.04 Å². The van der Waals surface area contributed by atoms with Crippen LogP contribution < -0.4 is 5.32 Å². The Morgan fingerprint density at radius 3 is 3.00 bits per heavy atom. The van der Waals surface area contributed by atoms with Gasteiger partial charge in [-0.15, -0.1) is 0 Å². The second-order valence-corrected chi connectivity index (χ2v) is 6.66. The minimum atomic E-state index is -0.323. The van der Waals surface area contributed by atoms with Crippen LogP contribution in [0.5, 0.6) is 0 Å². The van der Waals surface area contributed by atoms with Gasteiger partial charge in [0.05, 0.1) is 18.5 Å². The summed E-state index contributed by atoms with van der Waals surface area (Å²) < 4.78 is 8.79. The molecule has 1 aliphatic heterocycles. The Morgan fingerprint density at radius 1 is 1.44 bits per heavy atom. The number of aromatic nitrogens is 4. The summed E-state index contributed by atoms with van der Waals surface area (Å²) in [7, 11) is 1.62. The number of ether oxygens (including phenoxy) is 1. The molecule has 0 bridgehead atoms. The molecule has 1 aliphatic rings. The third kappa shape index (κ3) is 4.08. The van der Waals surface area contributed by atoms with Gasteiger partial charge in [-0.25, -0.2) is 0 Å². The highest BCUT2D eigenvalue weighted by molar-refractivity contribution is 5.80. The number of carbonyl (C=O) groups excluding carboxylic acids is 1. The Morgan fingerprint density at radius 2 is 2.28 bits per heavy atom. The Bertz CT molecular complexity index is 708. The van der Waals surface area contributed by atoms with Crippen LogP contribution in [-0.4, -0.2) is 57.2 Å². The zero-order valence-corrected chi connectivity index (χ0v) is 15.1. The summed E-state index contributed by atoms with van der Waals surface area (Å²) in [5.41, 5.74) is 2.20. The topological polar surface area (TPSA) is 77.2 Å². The molecule has 3 rings (SSSR count). The third-order valence-corrected chi connectivity index (χ3v) is 4.36. The number of nitrogens with one attached hydrogen (secondary N) is 1. The molecule has 0 aliphatic carbocycles. The van der Waals surface area contributed by atoms with Crippen LogP contribution in [0.4, 0.5) is 0 Å². The van der Waals surface area contributed by atoms with Gasteiger partial charge in [0.15, 0.2) is 0 Å². The maximum atomic E-state index is 12.6. The molecule has 0 saturated carbocycles. The van der Waals surface area contributed by atoms with Gasteiger partial charge >= 0.3 is 0 Å².